The van der Waals surface area contributed by atoms with Crippen molar-refractivity contribution < 1.29 is 20.6 Å². The molecule has 0 spiro atoms. The van der Waals surface area contributed by atoms with Crippen molar-refractivity contribution >= 4 is 38.6 Å². The summed E-state index contributed by atoms with van der Waals surface area (Å²) in [7, 11) is 0. The third kappa shape index (κ3) is 3.63. The molecule has 0 aliphatic heterocycles. The Labute approximate surface area is 249 Å². The minimum absolute atomic E-state index is 0.119. The summed E-state index contributed by atoms with van der Waals surface area (Å²) in [5, 5.41) is 3.13. The molecule has 8 rings (SSSR count). The SMILES string of the molecule is [2H]c1c([2H])c([2H])c(-c2ccc3cc4c(cc3c2)-c2cc3ccc(N(c5c([2H])c([2H])c([2H])c([2H])c5[2H])c5c([2H])c([2H])c([2H])c([2H])c5[2H])cc3cc2-4)c([2H])c1[2H]. The fraction of sp³-hybridized carbons (Fsp3) is 0. The van der Waals surface area contributed by atoms with Gasteiger partial charge >= 0.3 is 0 Å². The fourth-order valence-electron chi connectivity index (χ4n) is 5.18. The summed E-state index contributed by atoms with van der Waals surface area (Å²) < 4.78 is 125. The predicted molar refractivity (Wildman–Crippen MR) is 166 cm³/mol. The van der Waals surface area contributed by atoms with Gasteiger partial charge in [0.15, 0.2) is 0 Å². The van der Waals surface area contributed by atoms with Crippen LogP contribution in [0, 0.1) is 0 Å². The lowest BCUT2D eigenvalue weighted by Crippen LogP contribution is -2.09. The predicted octanol–water partition coefficient (Wildman–Crippen LogP) is 10.8. The van der Waals surface area contributed by atoms with Crippen molar-refractivity contribution in [3.63, 3.8) is 0 Å². The van der Waals surface area contributed by atoms with E-state index in [-0.39, 0.29) is 34.7 Å². The molecule has 1 heteroatoms. The average Bonchev–Trinajstić information content (AvgIpc) is 3.17. The second kappa shape index (κ2) is 8.72. The highest BCUT2D eigenvalue weighted by Gasteiger charge is 2.24. The van der Waals surface area contributed by atoms with E-state index in [0.29, 0.717) is 10.9 Å². The Hall–Kier alpha value is -5.14. The molecule has 39 heavy (non-hydrogen) atoms. The average molecular weight is 511 g/mol. The minimum Gasteiger partial charge on any atom is -0.310 e. The molecule has 0 radical (unpaired) electrons. The highest BCUT2D eigenvalue weighted by atomic mass is 15.1. The summed E-state index contributed by atoms with van der Waals surface area (Å²) in [5.41, 5.74) is 3.80. The summed E-state index contributed by atoms with van der Waals surface area (Å²) in [5.74, 6) is 0. The van der Waals surface area contributed by atoms with Gasteiger partial charge < -0.3 is 4.90 Å². The molecule has 0 saturated carbocycles. The van der Waals surface area contributed by atoms with Crippen molar-refractivity contribution in [3.05, 3.63) is 151 Å². The van der Waals surface area contributed by atoms with Crippen molar-refractivity contribution in [2.24, 2.45) is 0 Å². The van der Waals surface area contributed by atoms with Crippen LogP contribution >= 0.6 is 0 Å². The van der Waals surface area contributed by atoms with Gasteiger partial charge in [0, 0.05) is 17.1 Å². The van der Waals surface area contributed by atoms with Crippen LogP contribution in [0.4, 0.5) is 17.1 Å². The lowest BCUT2D eigenvalue weighted by atomic mass is 9.77. The molecule has 0 bridgehead atoms. The molecule has 1 aliphatic rings. The van der Waals surface area contributed by atoms with Crippen LogP contribution < -0.4 is 4.90 Å². The molecular formula is C38H25N. The van der Waals surface area contributed by atoms with Gasteiger partial charge in [0.1, 0.15) is 0 Å². The molecule has 1 aliphatic carbocycles. The first kappa shape index (κ1) is 11.7. The van der Waals surface area contributed by atoms with E-state index in [1.165, 1.54) is 0 Å². The number of para-hydroxylation sites is 2. The van der Waals surface area contributed by atoms with Crippen LogP contribution in [-0.2, 0) is 0 Å². The first-order valence-corrected chi connectivity index (χ1v) is 12.2. The summed E-state index contributed by atoms with van der Waals surface area (Å²) in [6.07, 6.45) is 0. The standard InChI is InChI=1S/C38H25N/c1-4-10-26(11-5-1)27-16-17-28-22-35-37(24-30(28)20-27)36-23-29-18-19-34(21-31(29)25-38(35)36)39(32-12-6-2-7-13-32)33-14-8-3-9-15-33/h1-25H/i1D,2D,3D,4D,5D,6D,7D,8D,9D,10D,11D,12D,13D,14D,15D. The second-order valence-corrected chi connectivity index (χ2v) is 9.17. The minimum atomic E-state index is -0.644. The van der Waals surface area contributed by atoms with Crippen molar-refractivity contribution in [2.75, 3.05) is 4.90 Å². The summed E-state index contributed by atoms with van der Waals surface area (Å²) in [6, 6.07) is 10.2. The molecule has 0 unspecified atom stereocenters. The van der Waals surface area contributed by atoms with E-state index in [1.54, 1.807) is 30.3 Å². The van der Waals surface area contributed by atoms with E-state index in [4.69, 9.17) is 20.6 Å². The molecule has 7 aromatic carbocycles. The Morgan fingerprint density at radius 3 is 1.38 bits per heavy atom. The van der Waals surface area contributed by atoms with Crippen molar-refractivity contribution in [1.82, 2.24) is 0 Å². The highest BCUT2D eigenvalue weighted by Crippen LogP contribution is 2.51. The second-order valence-electron chi connectivity index (χ2n) is 9.17. The van der Waals surface area contributed by atoms with Gasteiger partial charge in [0.2, 0.25) is 0 Å². The number of anilines is 3. The third-order valence-electron chi connectivity index (χ3n) is 6.98. The van der Waals surface area contributed by atoms with Crippen molar-refractivity contribution in [2.45, 2.75) is 0 Å². The van der Waals surface area contributed by atoms with Crippen LogP contribution in [0.5, 0.6) is 0 Å². The van der Waals surface area contributed by atoms with Gasteiger partial charge in [-0.2, -0.15) is 0 Å². The van der Waals surface area contributed by atoms with Gasteiger partial charge in [-0.15, -0.1) is 0 Å². The number of nitrogens with zero attached hydrogens (tertiary/aromatic N) is 1. The molecule has 0 atom stereocenters. The molecule has 182 valence electrons. The summed E-state index contributed by atoms with van der Waals surface area (Å²) in [4.78, 5) is 1.13. The largest absolute Gasteiger partial charge is 0.310 e. The van der Waals surface area contributed by atoms with Gasteiger partial charge in [0.05, 0.1) is 20.6 Å². The third-order valence-corrected chi connectivity index (χ3v) is 6.98. The normalized spacial score (nSPS) is 17.0. The van der Waals surface area contributed by atoms with Crippen LogP contribution in [0.2, 0.25) is 0 Å². The zero-order chi connectivity index (χ0) is 38.8. The van der Waals surface area contributed by atoms with Crippen LogP contribution in [0.3, 0.4) is 0 Å². The Morgan fingerprint density at radius 1 is 0.359 bits per heavy atom. The van der Waals surface area contributed by atoms with Crippen LogP contribution in [0.25, 0.3) is 54.9 Å². The lowest BCUT2D eigenvalue weighted by molar-refractivity contribution is 1.29. The molecule has 0 heterocycles. The molecule has 0 N–H and O–H groups in total. The molecule has 0 aromatic heterocycles. The maximum atomic E-state index is 8.74. The molecular weight excluding hydrogens is 470 g/mol. The van der Waals surface area contributed by atoms with E-state index >= 15 is 0 Å². The van der Waals surface area contributed by atoms with E-state index in [0.717, 1.165) is 43.3 Å². The maximum Gasteiger partial charge on any atom is 0.0645 e. The summed E-state index contributed by atoms with van der Waals surface area (Å²) in [6.45, 7) is 0. The van der Waals surface area contributed by atoms with Crippen LogP contribution in [0.1, 0.15) is 20.6 Å². The van der Waals surface area contributed by atoms with Gasteiger partial charge in [-0.3, -0.25) is 0 Å². The lowest BCUT2D eigenvalue weighted by Gasteiger charge is -2.28. The monoisotopic (exact) mass is 510 g/mol. The smallest absolute Gasteiger partial charge is 0.0645 e. The van der Waals surface area contributed by atoms with E-state index in [2.05, 4.69) is 0 Å². The number of benzene rings is 7. The van der Waals surface area contributed by atoms with Gasteiger partial charge in [0.25, 0.3) is 0 Å². The maximum absolute atomic E-state index is 8.74. The highest BCUT2D eigenvalue weighted by molar-refractivity contribution is 6.12. The Kier molecular flexibility index (Phi) is 2.62. The van der Waals surface area contributed by atoms with E-state index < -0.39 is 78.6 Å². The van der Waals surface area contributed by atoms with Crippen molar-refractivity contribution in [3.8, 4) is 33.4 Å². The Bertz CT molecular complexity index is 2690. The van der Waals surface area contributed by atoms with Gasteiger partial charge in [-0.1, -0.05) is 84.7 Å². The first-order chi connectivity index (χ1) is 25.5. The number of hydrogen-bond donors (Lipinski definition) is 0. The molecule has 0 saturated heterocycles. The molecule has 0 fully saturated rings. The van der Waals surface area contributed by atoms with Gasteiger partial charge in [-0.05, 0) is 122 Å². The zero-order valence-corrected chi connectivity index (χ0v) is 20.2. The molecule has 7 aromatic rings. The van der Waals surface area contributed by atoms with Crippen LogP contribution in [0.15, 0.2) is 151 Å². The van der Waals surface area contributed by atoms with Gasteiger partial charge in [-0.25, -0.2) is 0 Å². The quantitative estimate of drug-likeness (QED) is 0.228. The number of fused-ring (bicyclic) bond motifs is 6. The van der Waals surface area contributed by atoms with Crippen LogP contribution in [-0.4, -0.2) is 0 Å². The molecule has 0 amide bonds. The van der Waals surface area contributed by atoms with E-state index in [1.807, 2.05) is 30.3 Å². The van der Waals surface area contributed by atoms with Crippen molar-refractivity contribution in [1.29, 1.82) is 0 Å². The zero-order valence-electron chi connectivity index (χ0n) is 35.2. The first-order valence-electron chi connectivity index (χ1n) is 19.7. The summed E-state index contributed by atoms with van der Waals surface area (Å²) >= 11 is 0. The molecule has 1 nitrogen and oxygen atoms in total. The number of hydrogen-bond acceptors (Lipinski definition) is 1. The topological polar surface area (TPSA) is 3.24 Å². The Balaban J connectivity index is 1.28. The van der Waals surface area contributed by atoms with E-state index in [9.17, 15) is 0 Å². The fourth-order valence-corrected chi connectivity index (χ4v) is 5.18. The Morgan fingerprint density at radius 2 is 0.821 bits per heavy atom. The number of rotatable bonds is 4.